The number of hydrogen-bond donors (Lipinski definition) is 1. The lowest BCUT2D eigenvalue weighted by Gasteiger charge is -2.12. The van der Waals surface area contributed by atoms with Crippen LogP contribution in [0.2, 0.25) is 0 Å². The Morgan fingerprint density at radius 1 is 1.04 bits per heavy atom. The summed E-state index contributed by atoms with van der Waals surface area (Å²) in [5, 5.41) is 11.5. The van der Waals surface area contributed by atoms with Crippen LogP contribution in [0.15, 0.2) is 72.8 Å². The van der Waals surface area contributed by atoms with E-state index in [1.807, 2.05) is 36.4 Å². The van der Waals surface area contributed by atoms with Crippen molar-refractivity contribution in [3.05, 3.63) is 83.9 Å². The van der Waals surface area contributed by atoms with Gasteiger partial charge in [-0.05, 0) is 46.0 Å². The molecule has 1 N–H and O–H groups in total. The van der Waals surface area contributed by atoms with Crippen molar-refractivity contribution in [3.63, 3.8) is 0 Å². The molecule has 0 bridgehead atoms. The van der Waals surface area contributed by atoms with Crippen molar-refractivity contribution in [2.75, 3.05) is 6.61 Å². The molecule has 3 aromatic rings. The van der Waals surface area contributed by atoms with Crippen molar-refractivity contribution in [3.8, 4) is 11.1 Å². The lowest BCUT2D eigenvalue weighted by molar-refractivity contribution is -0.138. The molecule has 0 radical (unpaired) electrons. The molecule has 132 valence electrons. The molecule has 0 amide bonds. The van der Waals surface area contributed by atoms with Crippen molar-refractivity contribution >= 4 is 16.7 Å². The van der Waals surface area contributed by atoms with Crippen LogP contribution in [0.25, 0.3) is 21.9 Å². The SMILES string of the molecule is C=C(C)C(=O)OCCc1cc(-c2ccc(CO)cc2)cc2ccccc12. The van der Waals surface area contributed by atoms with Crippen molar-refractivity contribution in [2.24, 2.45) is 0 Å². The van der Waals surface area contributed by atoms with Gasteiger partial charge in [0, 0.05) is 12.0 Å². The van der Waals surface area contributed by atoms with E-state index in [4.69, 9.17) is 4.74 Å². The highest BCUT2D eigenvalue weighted by atomic mass is 16.5. The Kier molecular flexibility index (Phi) is 5.49. The van der Waals surface area contributed by atoms with E-state index in [-0.39, 0.29) is 12.6 Å². The van der Waals surface area contributed by atoms with E-state index in [0.29, 0.717) is 18.6 Å². The Hall–Kier alpha value is -2.91. The van der Waals surface area contributed by atoms with Crippen LogP contribution in [-0.2, 0) is 22.6 Å². The van der Waals surface area contributed by atoms with Crippen LogP contribution in [0.5, 0.6) is 0 Å². The van der Waals surface area contributed by atoms with Crippen LogP contribution < -0.4 is 0 Å². The standard InChI is InChI=1S/C23H22O3/c1-16(2)23(25)26-12-11-20-14-21(13-19-5-3-4-6-22(19)20)18-9-7-17(15-24)8-10-18/h3-10,13-14,24H,1,11-12,15H2,2H3. The molecule has 0 atom stereocenters. The van der Waals surface area contributed by atoms with Gasteiger partial charge in [-0.3, -0.25) is 0 Å². The molecule has 0 saturated heterocycles. The summed E-state index contributed by atoms with van der Waals surface area (Å²) < 4.78 is 5.27. The van der Waals surface area contributed by atoms with Gasteiger partial charge in [0.25, 0.3) is 0 Å². The van der Waals surface area contributed by atoms with Gasteiger partial charge in [-0.1, -0.05) is 61.2 Å². The van der Waals surface area contributed by atoms with E-state index in [2.05, 4.69) is 30.8 Å². The van der Waals surface area contributed by atoms with Crippen molar-refractivity contribution in [2.45, 2.75) is 20.0 Å². The Labute approximate surface area is 153 Å². The maximum atomic E-state index is 11.6. The lowest BCUT2D eigenvalue weighted by Crippen LogP contribution is -2.08. The fraction of sp³-hybridized carbons (Fsp3) is 0.174. The largest absolute Gasteiger partial charge is 0.462 e. The first-order valence-electron chi connectivity index (χ1n) is 8.63. The molecule has 0 spiro atoms. The molecule has 0 saturated carbocycles. The molecular formula is C23H22O3. The van der Waals surface area contributed by atoms with E-state index < -0.39 is 0 Å². The first kappa shape index (κ1) is 17.9. The minimum Gasteiger partial charge on any atom is -0.462 e. The average Bonchev–Trinajstić information content (AvgIpc) is 2.67. The summed E-state index contributed by atoms with van der Waals surface area (Å²) >= 11 is 0. The van der Waals surface area contributed by atoms with Gasteiger partial charge in [0.1, 0.15) is 0 Å². The van der Waals surface area contributed by atoms with Crippen LogP contribution in [0.1, 0.15) is 18.1 Å². The second-order valence-electron chi connectivity index (χ2n) is 6.38. The summed E-state index contributed by atoms with van der Waals surface area (Å²) in [4.78, 5) is 11.6. The molecular weight excluding hydrogens is 324 g/mol. The number of aliphatic hydroxyl groups is 1. The summed E-state index contributed by atoms with van der Waals surface area (Å²) in [7, 11) is 0. The van der Waals surface area contributed by atoms with Gasteiger partial charge in [-0.15, -0.1) is 0 Å². The van der Waals surface area contributed by atoms with Crippen LogP contribution in [0, 0.1) is 0 Å². The Morgan fingerprint density at radius 3 is 2.46 bits per heavy atom. The third kappa shape index (κ3) is 4.01. The zero-order valence-corrected chi connectivity index (χ0v) is 14.9. The van der Waals surface area contributed by atoms with Gasteiger partial charge < -0.3 is 9.84 Å². The maximum Gasteiger partial charge on any atom is 0.333 e. The second kappa shape index (κ2) is 7.98. The third-order valence-corrected chi connectivity index (χ3v) is 4.37. The number of benzene rings is 3. The van der Waals surface area contributed by atoms with E-state index in [1.165, 1.54) is 0 Å². The normalized spacial score (nSPS) is 10.7. The molecule has 26 heavy (non-hydrogen) atoms. The van der Waals surface area contributed by atoms with Gasteiger partial charge in [0.05, 0.1) is 13.2 Å². The summed E-state index contributed by atoms with van der Waals surface area (Å²) in [5.41, 5.74) is 4.63. The monoisotopic (exact) mass is 346 g/mol. The maximum absolute atomic E-state index is 11.6. The number of ether oxygens (including phenoxy) is 1. The van der Waals surface area contributed by atoms with Crippen LogP contribution in [0.3, 0.4) is 0 Å². The summed E-state index contributed by atoms with van der Waals surface area (Å²) in [6, 6.07) is 20.4. The van der Waals surface area contributed by atoms with Gasteiger partial charge in [-0.25, -0.2) is 4.79 Å². The van der Waals surface area contributed by atoms with Crippen molar-refractivity contribution < 1.29 is 14.6 Å². The molecule has 0 heterocycles. The van der Waals surface area contributed by atoms with E-state index in [9.17, 15) is 9.90 Å². The summed E-state index contributed by atoms with van der Waals surface area (Å²) in [6.07, 6.45) is 0.641. The number of hydrogen-bond acceptors (Lipinski definition) is 3. The number of rotatable bonds is 6. The Bertz CT molecular complexity index is 939. The van der Waals surface area contributed by atoms with Crippen molar-refractivity contribution in [1.82, 2.24) is 0 Å². The average molecular weight is 346 g/mol. The Balaban J connectivity index is 1.92. The van der Waals surface area contributed by atoms with Gasteiger partial charge >= 0.3 is 5.97 Å². The smallest absolute Gasteiger partial charge is 0.333 e. The quantitative estimate of drug-likeness (QED) is 0.521. The highest BCUT2D eigenvalue weighted by Gasteiger charge is 2.08. The first-order chi connectivity index (χ1) is 12.6. The number of fused-ring (bicyclic) bond motifs is 1. The van der Waals surface area contributed by atoms with E-state index >= 15 is 0 Å². The lowest BCUT2D eigenvalue weighted by atomic mass is 9.95. The fourth-order valence-electron chi connectivity index (χ4n) is 2.94. The minimum absolute atomic E-state index is 0.0390. The summed E-state index contributed by atoms with van der Waals surface area (Å²) in [6.45, 7) is 5.61. The molecule has 0 aliphatic carbocycles. The molecule has 3 rings (SSSR count). The number of carbonyl (C=O) groups is 1. The number of esters is 1. The summed E-state index contributed by atoms with van der Waals surface area (Å²) in [5.74, 6) is -0.356. The number of aliphatic hydroxyl groups excluding tert-OH is 1. The van der Waals surface area contributed by atoms with Crippen molar-refractivity contribution in [1.29, 1.82) is 0 Å². The molecule has 0 aromatic heterocycles. The zero-order valence-electron chi connectivity index (χ0n) is 14.9. The molecule has 3 nitrogen and oxygen atoms in total. The first-order valence-corrected chi connectivity index (χ1v) is 8.63. The number of carbonyl (C=O) groups excluding carboxylic acids is 1. The molecule has 0 unspecified atom stereocenters. The van der Waals surface area contributed by atoms with Gasteiger partial charge in [0.15, 0.2) is 0 Å². The van der Waals surface area contributed by atoms with Gasteiger partial charge in [0.2, 0.25) is 0 Å². The molecule has 0 fully saturated rings. The molecule has 3 heteroatoms. The Morgan fingerprint density at radius 2 is 1.77 bits per heavy atom. The van der Waals surface area contributed by atoms with Gasteiger partial charge in [-0.2, -0.15) is 0 Å². The predicted octanol–water partition coefficient (Wildman–Crippen LogP) is 4.66. The highest BCUT2D eigenvalue weighted by Crippen LogP contribution is 2.28. The van der Waals surface area contributed by atoms with E-state index in [1.54, 1.807) is 6.92 Å². The van der Waals surface area contributed by atoms with Crippen LogP contribution in [0.4, 0.5) is 0 Å². The molecule has 0 aliphatic rings. The predicted molar refractivity (Wildman–Crippen MR) is 105 cm³/mol. The van der Waals surface area contributed by atoms with Crippen LogP contribution >= 0.6 is 0 Å². The highest BCUT2D eigenvalue weighted by molar-refractivity contribution is 5.90. The topological polar surface area (TPSA) is 46.5 Å². The van der Waals surface area contributed by atoms with E-state index in [0.717, 1.165) is 33.0 Å². The molecule has 0 aliphatic heterocycles. The zero-order chi connectivity index (χ0) is 18.5. The molecule has 3 aromatic carbocycles. The third-order valence-electron chi connectivity index (χ3n) is 4.37. The fourth-order valence-corrected chi connectivity index (χ4v) is 2.94. The second-order valence-corrected chi connectivity index (χ2v) is 6.38. The van der Waals surface area contributed by atoms with Crippen LogP contribution in [-0.4, -0.2) is 17.7 Å². The minimum atomic E-state index is -0.356.